The van der Waals surface area contributed by atoms with E-state index >= 15 is 0 Å². The number of anilines is 2. The summed E-state index contributed by atoms with van der Waals surface area (Å²) in [6.45, 7) is 0. The first-order chi connectivity index (χ1) is 14.4. The maximum absolute atomic E-state index is 12.8. The second-order valence-electron chi connectivity index (χ2n) is 6.37. The fraction of sp³-hybridized carbons (Fsp3) is 0. The van der Waals surface area contributed by atoms with E-state index in [1.165, 1.54) is 42.6 Å². The normalized spacial score (nSPS) is 13.8. The lowest BCUT2D eigenvalue weighted by molar-refractivity contribution is 0.0982. The summed E-state index contributed by atoms with van der Waals surface area (Å²) in [4.78, 5) is 29.2. The van der Waals surface area contributed by atoms with Crippen LogP contribution in [0.5, 0.6) is 0 Å². The van der Waals surface area contributed by atoms with Crippen molar-refractivity contribution in [3.8, 4) is 0 Å². The van der Waals surface area contributed by atoms with Crippen molar-refractivity contribution in [1.82, 2.24) is 4.98 Å². The van der Waals surface area contributed by atoms with Crippen LogP contribution >= 0.6 is 11.6 Å². The highest BCUT2D eigenvalue weighted by Gasteiger charge is 2.31. The van der Waals surface area contributed by atoms with Crippen molar-refractivity contribution in [3.63, 3.8) is 0 Å². The fourth-order valence-corrected chi connectivity index (χ4v) is 4.25. The molecule has 7 nitrogen and oxygen atoms in total. The molecule has 0 radical (unpaired) electrons. The van der Waals surface area contributed by atoms with Gasteiger partial charge >= 0.3 is 0 Å². The van der Waals surface area contributed by atoms with Crippen LogP contribution in [-0.2, 0) is 10.0 Å². The number of sulfonamides is 1. The Labute approximate surface area is 177 Å². The Morgan fingerprint density at radius 3 is 2.23 bits per heavy atom. The molecule has 0 spiro atoms. The number of pyridine rings is 1. The smallest absolute Gasteiger partial charge is 0.263 e. The first kappa shape index (κ1) is 19.8. The van der Waals surface area contributed by atoms with Crippen molar-refractivity contribution in [2.45, 2.75) is 4.90 Å². The van der Waals surface area contributed by atoms with Crippen molar-refractivity contribution in [3.05, 3.63) is 94.8 Å². The number of allylic oxidation sites excluding steroid dienone is 2. The van der Waals surface area contributed by atoms with E-state index in [-0.39, 0.29) is 38.3 Å². The predicted octanol–water partition coefficient (Wildman–Crippen LogP) is 3.82. The van der Waals surface area contributed by atoms with Gasteiger partial charge in [0.1, 0.15) is 16.5 Å². The number of hydrogen-bond donors (Lipinski definition) is 2. The molecule has 0 saturated carbocycles. The molecule has 1 heterocycles. The molecule has 0 aliphatic heterocycles. The first-order valence-electron chi connectivity index (χ1n) is 8.76. The maximum Gasteiger partial charge on any atom is 0.263 e. The summed E-state index contributed by atoms with van der Waals surface area (Å²) in [6.07, 6.45) is 1.47. The van der Waals surface area contributed by atoms with Gasteiger partial charge in [-0.15, -0.1) is 0 Å². The summed E-state index contributed by atoms with van der Waals surface area (Å²) in [5.41, 5.74) is 0.643. The average molecular weight is 440 g/mol. The van der Waals surface area contributed by atoms with Crippen LogP contribution in [0, 0.1) is 0 Å². The Morgan fingerprint density at radius 2 is 1.53 bits per heavy atom. The molecule has 0 saturated heterocycles. The number of carbonyl (C=O) groups excluding carboxylic acids is 2. The highest BCUT2D eigenvalue weighted by atomic mass is 35.5. The minimum atomic E-state index is -3.92. The van der Waals surface area contributed by atoms with Crippen LogP contribution in [0.2, 0.25) is 0 Å². The van der Waals surface area contributed by atoms with Crippen LogP contribution in [0.15, 0.2) is 88.6 Å². The molecule has 3 aromatic rings. The average Bonchev–Trinajstić information content (AvgIpc) is 2.76. The topological polar surface area (TPSA) is 105 Å². The third-order valence-electron chi connectivity index (χ3n) is 4.38. The Kier molecular flexibility index (Phi) is 5.11. The van der Waals surface area contributed by atoms with Crippen LogP contribution < -0.4 is 10.0 Å². The van der Waals surface area contributed by atoms with E-state index in [1.807, 2.05) is 0 Å². The molecule has 4 rings (SSSR count). The van der Waals surface area contributed by atoms with Gasteiger partial charge in [0.25, 0.3) is 10.0 Å². The zero-order valence-corrected chi connectivity index (χ0v) is 16.9. The molecule has 2 aromatic carbocycles. The van der Waals surface area contributed by atoms with Crippen molar-refractivity contribution in [2.24, 2.45) is 0 Å². The summed E-state index contributed by atoms with van der Waals surface area (Å²) in [6, 6.07) is 17.0. The largest absolute Gasteiger partial charge is 0.351 e. The van der Waals surface area contributed by atoms with Crippen molar-refractivity contribution >= 4 is 44.7 Å². The van der Waals surface area contributed by atoms with Crippen molar-refractivity contribution < 1.29 is 18.0 Å². The number of benzene rings is 2. The molecular formula is C21H14ClN3O4S. The zero-order chi connectivity index (χ0) is 21.3. The molecule has 0 fully saturated rings. The second kappa shape index (κ2) is 7.74. The van der Waals surface area contributed by atoms with Gasteiger partial charge in [-0.05, 0) is 30.3 Å². The molecule has 150 valence electrons. The van der Waals surface area contributed by atoms with Gasteiger partial charge in [0.15, 0.2) is 0 Å². The number of carbonyl (C=O) groups is 2. The number of nitrogens with zero attached hydrogens (tertiary/aromatic N) is 1. The van der Waals surface area contributed by atoms with E-state index in [0.29, 0.717) is 0 Å². The molecule has 2 N–H and O–H groups in total. The van der Waals surface area contributed by atoms with Gasteiger partial charge in [-0.25, -0.2) is 13.4 Å². The molecule has 0 amide bonds. The number of ketones is 2. The van der Waals surface area contributed by atoms with Gasteiger partial charge in [-0.1, -0.05) is 48.0 Å². The third kappa shape index (κ3) is 3.70. The molecule has 0 unspecified atom stereocenters. The van der Waals surface area contributed by atoms with Crippen LogP contribution in [0.3, 0.4) is 0 Å². The quantitative estimate of drug-likeness (QED) is 0.626. The molecule has 1 aliphatic carbocycles. The number of fused-ring (bicyclic) bond motifs is 1. The molecule has 9 heteroatoms. The van der Waals surface area contributed by atoms with E-state index < -0.39 is 21.6 Å². The standard InChI is InChI=1S/C21H14ClN3O4S/c22-18-19(21(27)16-9-2-1-8-15(16)20(18)26)24-13-6-5-7-14(12-13)30(28,29)25-17-10-3-4-11-23-17/h1-12,24H,(H,23,25). The minimum absolute atomic E-state index is 0.0511. The van der Waals surface area contributed by atoms with E-state index in [9.17, 15) is 18.0 Å². The molecule has 30 heavy (non-hydrogen) atoms. The van der Waals surface area contributed by atoms with Gasteiger partial charge in [-0.2, -0.15) is 0 Å². The lowest BCUT2D eigenvalue weighted by atomic mass is 9.92. The Balaban J connectivity index is 1.65. The Morgan fingerprint density at radius 1 is 0.833 bits per heavy atom. The fourth-order valence-electron chi connectivity index (χ4n) is 2.96. The highest BCUT2D eigenvalue weighted by molar-refractivity contribution is 7.92. The predicted molar refractivity (Wildman–Crippen MR) is 113 cm³/mol. The van der Waals surface area contributed by atoms with Gasteiger partial charge in [0.2, 0.25) is 11.6 Å². The third-order valence-corrected chi connectivity index (χ3v) is 6.09. The van der Waals surface area contributed by atoms with Gasteiger partial charge in [-0.3, -0.25) is 14.3 Å². The van der Waals surface area contributed by atoms with E-state index in [0.717, 1.165) is 0 Å². The number of rotatable bonds is 5. The number of hydrogen-bond acceptors (Lipinski definition) is 6. The zero-order valence-electron chi connectivity index (χ0n) is 15.3. The van der Waals surface area contributed by atoms with Gasteiger partial charge in [0.05, 0.1) is 4.90 Å². The second-order valence-corrected chi connectivity index (χ2v) is 8.43. The lowest BCUT2D eigenvalue weighted by Crippen LogP contribution is -2.24. The van der Waals surface area contributed by atoms with Gasteiger partial charge < -0.3 is 5.32 Å². The van der Waals surface area contributed by atoms with E-state index in [4.69, 9.17) is 11.6 Å². The Hall–Kier alpha value is -3.49. The summed E-state index contributed by atoms with van der Waals surface area (Å²) in [7, 11) is -3.92. The van der Waals surface area contributed by atoms with Crippen molar-refractivity contribution in [2.75, 3.05) is 10.0 Å². The minimum Gasteiger partial charge on any atom is -0.351 e. The lowest BCUT2D eigenvalue weighted by Gasteiger charge is -2.19. The first-order valence-corrected chi connectivity index (χ1v) is 10.6. The van der Waals surface area contributed by atoms with Crippen LogP contribution in [-0.4, -0.2) is 25.0 Å². The van der Waals surface area contributed by atoms with E-state index in [2.05, 4.69) is 15.0 Å². The number of Topliss-reactive ketones (excluding diaryl/α,β-unsaturated/α-hetero) is 2. The van der Waals surface area contributed by atoms with Crippen molar-refractivity contribution in [1.29, 1.82) is 0 Å². The number of halogens is 1. The van der Waals surface area contributed by atoms with E-state index in [1.54, 1.807) is 30.3 Å². The number of nitrogens with one attached hydrogen (secondary N) is 2. The summed E-state index contributed by atoms with van der Waals surface area (Å²) < 4.78 is 27.7. The Bertz CT molecular complexity index is 1300. The maximum atomic E-state index is 12.8. The SMILES string of the molecule is O=C1C(Cl)=C(Nc2cccc(S(=O)(=O)Nc3ccccn3)c2)C(=O)c2ccccc21. The highest BCUT2D eigenvalue weighted by Crippen LogP contribution is 2.30. The molecular weight excluding hydrogens is 426 g/mol. The van der Waals surface area contributed by atoms with Crippen LogP contribution in [0.4, 0.5) is 11.5 Å². The summed E-state index contributed by atoms with van der Waals surface area (Å²) in [5, 5.41) is 2.55. The molecule has 0 atom stereocenters. The summed E-state index contributed by atoms with van der Waals surface area (Å²) >= 11 is 6.15. The molecule has 0 bridgehead atoms. The number of aromatic nitrogens is 1. The van der Waals surface area contributed by atoms with Crippen LogP contribution in [0.1, 0.15) is 20.7 Å². The monoisotopic (exact) mass is 439 g/mol. The molecule has 1 aromatic heterocycles. The molecule has 1 aliphatic rings. The summed E-state index contributed by atoms with van der Waals surface area (Å²) in [5.74, 6) is -0.753. The van der Waals surface area contributed by atoms with Gasteiger partial charge in [0, 0.05) is 23.0 Å². The van der Waals surface area contributed by atoms with Crippen LogP contribution in [0.25, 0.3) is 0 Å².